The molecule has 0 saturated heterocycles. The molecule has 0 spiro atoms. The first-order valence-electron chi connectivity index (χ1n) is 4.54. The number of benzene rings is 1. The topological polar surface area (TPSA) is 46.2 Å². The van der Waals surface area contributed by atoms with Gasteiger partial charge in [-0.2, -0.15) is 4.39 Å². The lowest BCUT2D eigenvalue weighted by atomic mass is 9.88. The minimum atomic E-state index is -1.15. The fraction of sp³-hybridized carbons (Fsp3) is 0.400. The third kappa shape index (κ3) is 1.35. The van der Waals surface area contributed by atoms with Gasteiger partial charge in [-0.05, 0) is 36.5 Å². The summed E-state index contributed by atoms with van der Waals surface area (Å²) < 4.78 is 26.3. The predicted molar refractivity (Wildman–Crippen MR) is 48.0 cm³/mol. The molecule has 0 heterocycles. The van der Waals surface area contributed by atoms with Gasteiger partial charge in [-0.15, -0.1) is 0 Å². The van der Waals surface area contributed by atoms with Gasteiger partial charge in [0.1, 0.15) is 0 Å². The van der Waals surface area contributed by atoms with Crippen molar-refractivity contribution in [2.24, 2.45) is 5.73 Å². The van der Waals surface area contributed by atoms with E-state index in [2.05, 4.69) is 0 Å². The number of rotatable bonds is 0. The van der Waals surface area contributed by atoms with Gasteiger partial charge in [0.25, 0.3) is 0 Å². The highest BCUT2D eigenvalue weighted by Gasteiger charge is 2.23. The summed E-state index contributed by atoms with van der Waals surface area (Å²) in [5.41, 5.74) is 6.68. The quantitative estimate of drug-likeness (QED) is 0.665. The smallest absolute Gasteiger partial charge is 0.200 e. The number of phenols is 1. The maximum absolute atomic E-state index is 13.3. The summed E-state index contributed by atoms with van der Waals surface area (Å²) in [6.07, 6.45) is 1.60. The second-order valence-corrected chi connectivity index (χ2v) is 3.66. The molecule has 3 N–H and O–H groups in total. The Labute approximate surface area is 80.4 Å². The molecule has 0 unspecified atom stereocenters. The highest BCUT2D eigenvalue weighted by Crippen LogP contribution is 2.30. The molecular weight excluding hydrogens is 188 g/mol. The van der Waals surface area contributed by atoms with Gasteiger partial charge in [0, 0.05) is 6.04 Å². The van der Waals surface area contributed by atoms with E-state index in [1.807, 2.05) is 0 Å². The van der Waals surface area contributed by atoms with Crippen LogP contribution in [0.3, 0.4) is 0 Å². The van der Waals surface area contributed by atoms with Crippen molar-refractivity contribution in [2.45, 2.75) is 25.3 Å². The van der Waals surface area contributed by atoms with Crippen molar-refractivity contribution >= 4 is 0 Å². The maximum atomic E-state index is 13.3. The standard InChI is InChI=1S/C10H11F2NO/c11-9-7-2-1-6(13)3-5(7)4-8(14)10(9)12/h4,6,14H,1-3,13H2/t6-/m1/s1. The van der Waals surface area contributed by atoms with Crippen molar-refractivity contribution in [3.63, 3.8) is 0 Å². The van der Waals surface area contributed by atoms with Gasteiger partial charge in [-0.3, -0.25) is 0 Å². The monoisotopic (exact) mass is 199 g/mol. The summed E-state index contributed by atoms with van der Waals surface area (Å²) in [6, 6.07) is 1.25. The van der Waals surface area contributed by atoms with Crippen LogP contribution in [0.4, 0.5) is 8.78 Å². The summed E-state index contributed by atoms with van der Waals surface area (Å²) in [7, 11) is 0. The fourth-order valence-electron chi connectivity index (χ4n) is 1.87. The normalized spacial score (nSPS) is 20.6. The first-order chi connectivity index (χ1) is 6.59. The first kappa shape index (κ1) is 9.40. The molecule has 2 nitrogen and oxygen atoms in total. The number of nitrogens with two attached hydrogens (primary N) is 1. The van der Waals surface area contributed by atoms with Crippen molar-refractivity contribution in [3.8, 4) is 5.75 Å². The summed E-state index contributed by atoms with van der Waals surface area (Å²) in [4.78, 5) is 0. The number of fused-ring (bicyclic) bond motifs is 1. The lowest BCUT2D eigenvalue weighted by molar-refractivity contribution is 0.397. The average molecular weight is 199 g/mol. The Morgan fingerprint density at radius 2 is 2.07 bits per heavy atom. The van der Waals surface area contributed by atoms with Gasteiger partial charge < -0.3 is 10.8 Å². The average Bonchev–Trinajstić information content (AvgIpc) is 2.14. The van der Waals surface area contributed by atoms with E-state index in [1.165, 1.54) is 6.07 Å². The molecule has 1 aliphatic carbocycles. The Balaban J connectivity index is 2.54. The van der Waals surface area contributed by atoms with Crippen LogP contribution in [-0.4, -0.2) is 11.1 Å². The number of aromatic hydroxyl groups is 1. The van der Waals surface area contributed by atoms with E-state index in [9.17, 15) is 8.78 Å². The summed E-state index contributed by atoms with van der Waals surface area (Å²) in [6.45, 7) is 0. The highest BCUT2D eigenvalue weighted by atomic mass is 19.2. The Morgan fingerprint density at radius 1 is 1.36 bits per heavy atom. The van der Waals surface area contributed by atoms with Gasteiger partial charge in [-0.1, -0.05) is 0 Å². The van der Waals surface area contributed by atoms with Crippen molar-refractivity contribution < 1.29 is 13.9 Å². The van der Waals surface area contributed by atoms with Gasteiger partial charge >= 0.3 is 0 Å². The third-order valence-corrected chi connectivity index (χ3v) is 2.63. The molecule has 76 valence electrons. The summed E-state index contributed by atoms with van der Waals surface area (Å²) >= 11 is 0. The lowest BCUT2D eigenvalue weighted by Gasteiger charge is -2.22. The second-order valence-electron chi connectivity index (χ2n) is 3.66. The molecule has 1 atom stereocenters. The number of hydrogen-bond donors (Lipinski definition) is 2. The molecule has 0 fully saturated rings. The van der Waals surface area contributed by atoms with Crippen molar-refractivity contribution in [1.29, 1.82) is 0 Å². The lowest BCUT2D eigenvalue weighted by Crippen LogP contribution is -2.28. The van der Waals surface area contributed by atoms with Crippen LogP contribution < -0.4 is 5.73 Å². The predicted octanol–water partition coefficient (Wildman–Crippen LogP) is 1.49. The zero-order chi connectivity index (χ0) is 10.3. The van der Waals surface area contributed by atoms with Crippen LogP contribution in [0.25, 0.3) is 0 Å². The molecule has 4 heteroatoms. The van der Waals surface area contributed by atoms with Crippen LogP contribution in [0.15, 0.2) is 6.07 Å². The van der Waals surface area contributed by atoms with Crippen LogP contribution in [0, 0.1) is 11.6 Å². The molecular formula is C10H11F2NO. The van der Waals surface area contributed by atoms with Crippen molar-refractivity contribution in [3.05, 3.63) is 28.8 Å². The highest BCUT2D eigenvalue weighted by molar-refractivity contribution is 5.39. The van der Waals surface area contributed by atoms with E-state index in [1.54, 1.807) is 0 Å². The molecule has 0 radical (unpaired) electrons. The third-order valence-electron chi connectivity index (χ3n) is 2.63. The second kappa shape index (κ2) is 3.20. The molecule has 0 aliphatic heterocycles. The van der Waals surface area contributed by atoms with E-state index in [-0.39, 0.29) is 6.04 Å². The van der Waals surface area contributed by atoms with Gasteiger partial charge in [0.05, 0.1) is 0 Å². The molecule has 2 rings (SSSR count). The summed E-state index contributed by atoms with van der Waals surface area (Å²) in [5.74, 6) is -2.71. The summed E-state index contributed by atoms with van der Waals surface area (Å²) in [5, 5.41) is 9.09. The van der Waals surface area contributed by atoms with E-state index in [4.69, 9.17) is 10.8 Å². The van der Waals surface area contributed by atoms with E-state index in [0.29, 0.717) is 30.4 Å². The molecule has 1 aromatic carbocycles. The van der Waals surface area contributed by atoms with Crippen LogP contribution in [0.1, 0.15) is 17.5 Å². The number of phenolic OH excluding ortho intramolecular Hbond substituents is 1. The molecule has 1 aliphatic rings. The Kier molecular flexibility index (Phi) is 2.15. The fourth-order valence-corrected chi connectivity index (χ4v) is 1.87. The van der Waals surface area contributed by atoms with E-state index >= 15 is 0 Å². The van der Waals surface area contributed by atoms with Crippen LogP contribution in [0.5, 0.6) is 5.75 Å². The molecule has 0 bridgehead atoms. The van der Waals surface area contributed by atoms with Crippen molar-refractivity contribution in [1.82, 2.24) is 0 Å². The van der Waals surface area contributed by atoms with Gasteiger partial charge in [-0.25, -0.2) is 4.39 Å². The largest absolute Gasteiger partial charge is 0.505 e. The SMILES string of the molecule is N[C@@H]1CCc2c(cc(O)c(F)c2F)C1. The minimum absolute atomic E-state index is 0.0215. The first-order valence-corrected chi connectivity index (χ1v) is 4.54. The maximum Gasteiger partial charge on any atom is 0.200 e. The molecule has 0 aromatic heterocycles. The Hall–Kier alpha value is -1.16. The number of halogens is 2. The minimum Gasteiger partial charge on any atom is -0.505 e. The molecule has 14 heavy (non-hydrogen) atoms. The molecule has 0 amide bonds. The number of hydrogen-bond acceptors (Lipinski definition) is 2. The zero-order valence-electron chi connectivity index (χ0n) is 7.56. The molecule has 0 saturated carbocycles. The molecule has 1 aromatic rings. The van der Waals surface area contributed by atoms with Crippen LogP contribution in [-0.2, 0) is 12.8 Å². The van der Waals surface area contributed by atoms with Gasteiger partial charge in [0.2, 0.25) is 5.82 Å². The van der Waals surface area contributed by atoms with E-state index < -0.39 is 17.4 Å². The van der Waals surface area contributed by atoms with Crippen LogP contribution >= 0.6 is 0 Å². The van der Waals surface area contributed by atoms with Gasteiger partial charge in [0.15, 0.2) is 11.6 Å². The van der Waals surface area contributed by atoms with Crippen molar-refractivity contribution in [2.75, 3.05) is 0 Å². The van der Waals surface area contributed by atoms with Crippen LogP contribution in [0.2, 0.25) is 0 Å². The zero-order valence-corrected chi connectivity index (χ0v) is 7.56. The van der Waals surface area contributed by atoms with E-state index in [0.717, 1.165) is 0 Å². The Morgan fingerprint density at radius 3 is 2.79 bits per heavy atom. The Bertz CT molecular complexity index is 379.